The third-order valence-corrected chi connectivity index (χ3v) is 9.40. The highest BCUT2D eigenvalue weighted by Crippen LogP contribution is 2.32. The Bertz CT molecular complexity index is 1130. The number of nitrogen functional groups attached to an aromatic ring is 1. The van der Waals surface area contributed by atoms with Gasteiger partial charge in [-0.15, -0.1) is 0 Å². The molecule has 0 aromatic carbocycles. The first-order valence-electron chi connectivity index (χ1n) is 18.2. The molecule has 254 valence electrons. The summed E-state index contributed by atoms with van der Waals surface area (Å²) in [7, 11) is 0. The third kappa shape index (κ3) is 11.8. The van der Waals surface area contributed by atoms with E-state index in [0.717, 1.165) is 25.9 Å². The molecule has 2 aliphatic rings. The van der Waals surface area contributed by atoms with Gasteiger partial charge in [0, 0.05) is 25.3 Å². The number of aliphatic hydroxyl groups excluding tert-OH is 1. The molecular formula is C35H61N7O3. The standard InChI is InChI=1S/C35H61N7O3/c1-3-5-6-7-8-9-10-11-12-13-14-15-16-17-18-19-20-44-25-28-21-29(4-2)40-41(23-28)24-31-30(43)22-32(45-31)42-27-39-33-34(36)37-26-38-35(33)42/h23,26-27,29-32,40,43H,3-22,24-25H2,1-2H3,(H2,36,37,38)/t29?,30-,31?,32-/m1/s1. The van der Waals surface area contributed by atoms with Gasteiger partial charge in [-0.2, -0.15) is 0 Å². The Labute approximate surface area is 271 Å². The zero-order valence-corrected chi connectivity index (χ0v) is 28.2. The number of ether oxygens (including phenoxy) is 2. The van der Waals surface area contributed by atoms with E-state index in [1.54, 1.807) is 6.33 Å². The summed E-state index contributed by atoms with van der Waals surface area (Å²) in [6, 6.07) is 0.343. The van der Waals surface area contributed by atoms with Crippen LogP contribution in [0.5, 0.6) is 0 Å². The van der Waals surface area contributed by atoms with Crippen LogP contribution in [0.15, 0.2) is 24.4 Å². The fourth-order valence-electron chi connectivity index (χ4n) is 6.62. The number of anilines is 1. The maximum atomic E-state index is 10.9. The second kappa shape index (κ2) is 20.1. The predicted molar refractivity (Wildman–Crippen MR) is 181 cm³/mol. The summed E-state index contributed by atoms with van der Waals surface area (Å²) in [5, 5.41) is 12.9. The quantitative estimate of drug-likeness (QED) is 0.110. The lowest BCUT2D eigenvalue weighted by molar-refractivity contribution is -0.0366. The van der Waals surface area contributed by atoms with E-state index in [1.807, 2.05) is 4.57 Å². The molecule has 1 fully saturated rings. The molecular weight excluding hydrogens is 566 g/mol. The van der Waals surface area contributed by atoms with Crippen molar-refractivity contribution >= 4 is 17.0 Å². The number of nitrogens with two attached hydrogens (primary N) is 1. The van der Waals surface area contributed by atoms with Crippen LogP contribution in [0.25, 0.3) is 11.2 Å². The molecule has 4 rings (SSSR count). The lowest BCUT2D eigenvalue weighted by atomic mass is 10.0. The van der Waals surface area contributed by atoms with E-state index < -0.39 is 6.10 Å². The largest absolute Gasteiger partial charge is 0.390 e. The van der Waals surface area contributed by atoms with Crippen molar-refractivity contribution in [2.75, 3.05) is 25.5 Å². The molecule has 0 radical (unpaired) electrons. The van der Waals surface area contributed by atoms with Gasteiger partial charge in [0.25, 0.3) is 0 Å². The fraction of sp³-hybridized carbons (Fsp3) is 0.800. The molecule has 1 saturated heterocycles. The third-order valence-electron chi connectivity index (χ3n) is 9.40. The van der Waals surface area contributed by atoms with Crippen LogP contribution < -0.4 is 11.2 Å². The van der Waals surface area contributed by atoms with E-state index in [9.17, 15) is 5.11 Å². The van der Waals surface area contributed by atoms with Crippen LogP contribution in [-0.2, 0) is 9.47 Å². The molecule has 45 heavy (non-hydrogen) atoms. The number of hydrogen-bond donors (Lipinski definition) is 3. The Morgan fingerprint density at radius 1 is 0.911 bits per heavy atom. The molecule has 0 bridgehead atoms. The molecule has 4 atom stereocenters. The number of hydrazine groups is 1. The van der Waals surface area contributed by atoms with Crippen molar-refractivity contribution in [3.63, 3.8) is 0 Å². The van der Waals surface area contributed by atoms with Crippen molar-refractivity contribution < 1.29 is 14.6 Å². The Morgan fingerprint density at radius 2 is 1.56 bits per heavy atom. The highest BCUT2D eigenvalue weighted by Gasteiger charge is 2.37. The Hall–Kier alpha value is -2.27. The molecule has 4 heterocycles. The van der Waals surface area contributed by atoms with E-state index in [1.165, 1.54) is 108 Å². The highest BCUT2D eigenvalue weighted by atomic mass is 16.5. The van der Waals surface area contributed by atoms with Crippen molar-refractivity contribution in [2.45, 2.75) is 160 Å². The van der Waals surface area contributed by atoms with Gasteiger partial charge in [-0.05, 0) is 24.8 Å². The van der Waals surface area contributed by atoms with Gasteiger partial charge in [-0.3, -0.25) is 4.57 Å². The molecule has 10 nitrogen and oxygen atoms in total. The summed E-state index contributed by atoms with van der Waals surface area (Å²) in [5.41, 5.74) is 12.0. The molecule has 2 unspecified atom stereocenters. The second-order valence-corrected chi connectivity index (χ2v) is 13.2. The maximum absolute atomic E-state index is 10.9. The lowest BCUT2D eigenvalue weighted by Crippen LogP contribution is -2.49. The van der Waals surface area contributed by atoms with Crippen LogP contribution in [0.2, 0.25) is 0 Å². The van der Waals surface area contributed by atoms with Crippen molar-refractivity contribution in [3.05, 3.63) is 24.4 Å². The molecule has 0 aliphatic carbocycles. The smallest absolute Gasteiger partial charge is 0.167 e. The van der Waals surface area contributed by atoms with Gasteiger partial charge in [-0.25, -0.2) is 20.4 Å². The number of nitrogens with one attached hydrogen (secondary N) is 1. The lowest BCUT2D eigenvalue weighted by Gasteiger charge is -2.35. The summed E-state index contributed by atoms with van der Waals surface area (Å²) in [4.78, 5) is 12.7. The number of aliphatic hydroxyl groups is 1. The van der Waals surface area contributed by atoms with E-state index in [2.05, 4.69) is 45.4 Å². The predicted octanol–water partition coefficient (Wildman–Crippen LogP) is 7.21. The van der Waals surface area contributed by atoms with Crippen LogP contribution in [-0.4, -0.2) is 67.6 Å². The summed E-state index contributed by atoms with van der Waals surface area (Å²) in [6.07, 6.45) is 28.5. The minimum atomic E-state index is -0.599. The number of unbranched alkanes of at least 4 members (excludes halogenated alkanes) is 15. The van der Waals surface area contributed by atoms with Gasteiger partial charge < -0.3 is 25.3 Å². The zero-order valence-electron chi connectivity index (χ0n) is 28.2. The minimum Gasteiger partial charge on any atom is -0.390 e. The summed E-state index contributed by atoms with van der Waals surface area (Å²) < 4.78 is 14.2. The minimum absolute atomic E-state index is 0.340. The molecule has 10 heteroatoms. The van der Waals surface area contributed by atoms with E-state index in [-0.39, 0.29) is 12.3 Å². The monoisotopic (exact) mass is 627 g/mol. The Kier molecular flexibility index (Phi) is 15.9. The van der Waals surface area contributed by atoms with Gasteiger partial charge in [0.05, 0.1) is 25.6 Å². The number of imidazole rings is 1. The number of rotatable bonds is 23. The van der Waals surface area contributed by atoms with Crippen molar-refractivity contribution in [1.82, 2.24) is 30.0 Å². The van der Waals surface area contributed by atoms with Crippen molar-refractivity contribution in [2.24, 2.45) is 0 Å². The Balaban J connectivity index is 1.06. The second-order valence-electron chi connectivity index (χ2n) is 13.2. The number of hydrogen-bond acceptors (Lipinski definition) is 9. The van der Waals surface area contributed by atoms with Crippen LogP contribution in [0, 0.1) is 0 Å². The normalized spacial score (nSPS) is 22.0. The van der Waals surface area contributed by atoms with Gasteiger partial charge in [0.2, 0.25) is 0 Å². The number of aromatic nitrogens is 4. The van der Waals surface area contributed by atoms with Gasteiger partial charge in [0.15, 0.2) is 11.5 Å². The Morgan fingerprint density at radius 3 is 2.20 bits per heavy atom. The molecule has 0 saturated carbocycles. The van der Waals surface area contributed by atoms with Crippen molar-refractivity contribution in [1.29, 1.82) is 0 Å². The number of fused-ring (bicyclic) bond motifs is 1. The van der Waals surface area contributed by atoms with Gasteiger partial charge in [-0.1, -0.05) is 110 Å². The SMILES string of the molecule is CCCCCCCCCCCCCCCCCCOCC1=CN(CC2O[C@@H](n3cnc4c(N)ncnc43)C[C@H]2O)NC(CC)C1. The van der Waals surface area contributed by atoms with E-state index in [4.69, 9.17) is 15.2 Å². The number of nitrogens with zero attached hydrogens (tertiary/aromatic N) is 5. The molecule has 2 aromatic rings. The first kappa shape index (κ1) is 35.6. The molecule has 2 aliphatic heterocycles. The van der Waals surface area contributed by atoms with E-state index >= 15 is 0 Å². The van der Waals surface area contributed by atoms with Gasteiger partial charge in [0.1, 0.15) is 24.2 Å². The highest BCUT2D eigenvalue weighted by molar-refractivity contribution is 5.81. The van der Waals surface area contributed by atoms with Gasteiger partial charge >= 0.3 is 0 Å². The molecule has 0 amide bonds. The van der Waals surface area contributed by atoms with Crippen LogP contribution >= 0.6 is 0 Å². The molecule has 4 N–H and O–H groups in total. The van der Waals surface area contributed by atoms with E-state index in [0.29, 0.717) is 42.6 Å². The molecule has 2 aromatic heterocycles. The van der Waals surface area contributed by atoms with Crippen molar-refractivity contribution in [3.8, 4) is 0 Å². The molecule has 0 spiro atoms. The summed E-state index contributed by atoms with van der Waals surface area (Å²) in [6.45, 7) is 6.51. The fourth-order valence-corrected chi connectivity index (χ4v) is 6.62. The summed E-state index contributed by atoms with van der Waals surface area (Å²) in [5.74, 6) is 0.340. The van der Waals surface area contributed by atoms with Crippen LogP contribution in [0.4, 0.5) is 5.82 Å². The average molecular weight is 628 g/mol. The first-order valence-corrected chi connectivity index (χ1v) is 18.2. The maximum Gasteiger partial charge on any atom is 0.167 e. The first-order chi connectivity index (χ1) is 22.1. The summed E-state index contributed by atoms with van der Waals surface area (Å²) >= 11 is 0. The topological polar surface area (TPSA) is 124 Å². The average Bonchev–Trinajstić information content (AvgIpc) is 3.64. The van der Waals surface area contributed by atoms with Crippen LogP contribution in [0.3, 0.4) is 0 Å². The van der Waals surface area contributed by atoms with Crippen LogP contribution in [0.1, 0.15) is 142 Å². The zero-order chi connectivity index (χ0) is 31.7.